The van der Waals surface area contributed by atoms with E-state index in [1.165, 1.54) is 24.2 Å². The predicted octanol–water partition coefficient (Wildman–Crippen LogP) is 2.74. The second-order valence-corrected chi connectivity index (χ2v) is 7.21. The van der Waals surface area contributed by atoms with E-state index in [9.17, 15) is 4.79 Å². The van der Waals surface area contributed by atoms with E-state index in [-0.39, 0.29) is 5.91 Å². The lowest BCUT2D eigenvalue weighted by Gasteiger charge is -2.31. The van der Waals surface area contributed by atoms with Crippen LogP contribution in [0.2, 0.25) is 0 Å². The third-order valence-corrected chi connectivity index (χ3v) is 5.26. The van der Waals surface area contributed by atoms with Gasteiger partial charge in [0.05, 0.1) is 17.8 Å². The standard InChI is InChI=1S/C17H20N4O2S/c22-17(15-10-24-11-18-15)21-7-5-12(6-8-21)9-23-16-4-3-14(19-20-16)13-1-2-13/h3-4,10-13H,1-2,5-9H2. The maximum atomic E-state index is 12.3. The third-order valence-electron chi connectivity index (χ3n) is 4.68. The molecule has 4 rings (SSSR count). The SMILES string of the molecule is O=C(c1cscn1)N1CCC(COc2ccc(C3CC3)nn2)CC1. The molecule has 2 aromatic heterocycles. The fourth-order valence-electron chi connectivity index (χ4n) is 2.99. The highest BCUT2D eigenvalue weighted by molar-refractivity contribution is 7.07. The van der Waals surface area contributed by atoms with Crippen LogP contribution < -0.4 is 4.74 Å². The predicted molar refractivity (Wildman–Crippen MR) is 90.2 cm³/mol. The average Bonchev–Trinajstić information content (AvgIpc) is 3.34. The molecule has 1 aliphatic heterocycles. The molecule has 1 saturated heterocycles. The first-order chi connectivity index (χ1) is 11.8. The van der Waals surface area contributed by atoms with Crippen LogP contribution in [0.25, 0.3) is 0 Å². The molecular weight excluding hydrogens is 324 g/mol. The molecule has 126 valence electrons. The Kier molecular flexibility index (Phi) is 4.42. The Morgan fingerprint density at radius 1 is 1.21 bits per heavy atom. The van der Waals surface area contributed by atoms with Gasteiger partial charge in [0.15, 0.2) is 0 Å². The van der Waals surface area contributed by atoms with E-state index >= 15 is 0 Å². The molecule has 24 heavy (non-hydrogen) atoms. The van der Waals surface area contributed by atoms with Crippen molar-refractivity contribution < 1.29 is 9.53 Å². The van der Waals surface area contributed by atoms with Gasteiger partial charge in [0.2, 0.25) is 5.88 Å². The van der Waals surface area contributed by atoms with Gasteiger partial charge in [-0.05, 0) is 37.7 Å². The molecule has 0 unspecified atom stereocenters. The Hall–Kier alpha value is -2.02. The van der Waals surface area contributed by atoms with Crippen molar-refractivity contribution in [2.45, 2.75) is 31.6 Å². The van der Waals surface area contributed by atoms with E-state index in [4.69, 9.17) is 4.74 Å². The quantitative estimate of drug-likeness (QED) is 0.834. The number of likely N-dealkylation sites (tertiary alicyclic amines) is 1. The van der Waals surface area contributed by atoms with Gasteiger partial charge in [-0.2, -0.15) is 5.10 Å². The molecule has 2 aliphatic rings. The van der Waals surface area contributed by atoms with Gasteiger partial charge in [0.25, 0.3) is 5.91 Å². The highest BCUT2D eigenvalue weighted by atomic mass is 32.1. The Balaban J connectivity index is 1.23. The number of piperidine rings is 1. The van der Waals surface area contributed by atoms with Crippen LogP contribution in [0.4, 0.5) is 0 Å². The molecule has 0 bridgehead atoms. The van der Waals surface area contributed by atoms with Crippen molar-refractivity contribution in [1.29, 1.82) is 0 Å². The van der Waals surface area contributed by atoms with Gasteiger partial charge >= 0.3 is 0 Å². The van der Waals surface area contributed by atoms with E-state index in [1.54, 1.807) is 5.51 Å². The van der Waals surface area contributed by atoms with Gasteiger partial charge in [-0.25, -0.2) is 4.98 Å². The van der Waals surface area contributed by atoms with Crippen molar-refractivity contribution >= 4 is 17.2 Å². The molecule has 2 aromatic rings. The number of aromatic nitrogens is 3. The van der Waals surface area contributed by atoms with Crippen LogP contribution in [0.5, 0.6) is 5.88 Å². The number of thiazole rings is 1. The summed E-state index contributed by atoms with van der Waals surface area (Å²) in [7, 11) is 0. The summed E-state index contributed by atoms with van der Waals surface area (Å²) < 4.78 is 5.78. The van der Waals surface area contributed by atoms with E-state index in [1.807, 2.05) is 22.4 Å². The van der Waals surface area contributed by atoms with Crippen molar-refractivity contribution in [2.24, 2.45) is 5.92 Å². The van der Waals surface area contributed by atoms with Gasteiger partial charge in [-0.15, -0.1) is 16.4 Å². The molecule has 0 radical (unpaired) electrons. The van der Waals surface area contributed by atoms with Crippen molar-refractivity contribution in [3.8, 4) is 5.88 Å². The van der Waals surface area contributed by atoms with Crippen LogP contribution in [0.1, 0.15) is 47.8 Å². The summed E-state index contributed by atoms with van der Waals surface area (Å²) in [5.74, 6) is 1.71. The van der Waals surface area contributed by atoms with Crippen LogP contribution in [0, 0.1) is 5.92 Å². The monoisotopic (exact) mass is 344 g/mol. The number of carbonyl (C=O) groups is 1. The first-order valence-corrected chi connectivity index (χ1v) is 9.38. The van der Waals surface area contributed by atoms with Gasteiger partial charge < -0.3 is 9.64 Å². The minimum Gasteiger partial charge on any atom is -0.476 e. The molecule has 3 heterocycles. The summed E-state index contributed by atoms with van der Waals surface area (Å²) in [6, 6.07) is 3.94. The molecule has 7 heteroatoms. The van der Waals surface area contributed by atoms with E-state index in [0.29, 0.717) is 30.0 Å². The van der Waals surface area contributed by atoms with E-state index in [2.05, 4.69) is 15.2 Å². The molecule has 0 atom stereocenters. The lowest BCUT2D eigenvalue weighted by atomic mass is 9.97. The van der Waals surface area contributed by atoms with Crippen LogP contribution in [-0.2, 0) is 0 Å². The maximum absolute atomic E-state index is 12.3. The van der Waals surface area contributed by atoms with E-state index < -0.39 is 0 Å². The molecule has 6 nitrogen and oxygen atoms in total. The molecule has 1 saturated carbocycles. The third kappa shape index (κ3) is 3.56. The second kappa shape index (κ2) is 6.84. The summed E-state index contributed by atoms with van der Waals surface area (Å²) in [6.07, 6.45) is 4.35. The van der Waals surface area contributed by atoms with Crippen molar-refractivity contribution in [1.82, 2.24) is 20.1 Å². The molecule has 0 N–H and O–H groups in total. The summed E-state index contributed by atoms with van der Waals surface area (Å²) in [5.41, 5.74) is 3.33. The van der Waals surface area contributed by atoms with Gasteiger partial charge in [-0.3, -0.25) is 4.79 Å². The number of nitrogens with zero attached hydrogens (tertiary/aromatic N) is 4. The highest BCUT2D eigenvalue weighted by Crippen LogP contribution is 2.38. The largest absolute Gasteiger partial charge is 0.476 e. The molecule has 2 fully saturated rings. The zero-order chi connectivity index (χ0) is 16.4. The molecule has 1 amide bonds. The van der Waals surface area contributed by atoms with Crippen LogP contribution in [0.3, 0.4) is 0 Å². The summed E-state index contributed by atoms with van der Waals surface area (Å²) in [5, 5.41) is 10.2. The van der Waals surface area contributed by atoms with E-state index in [0.717, 1.165) is 31.6 Å². The summed E-state index contributed by atoms with van der Waals surface area (Å²) in [4.78, 5) is 18.2. The van der Waals surface area contributed by atoms with Crippen LogP contribution in [-0.4, -0.2) is 45.7 Å². The number of hydrogen-bond acceptors (Lipinski definition) is 6. The lowest BCUT2D eigenvalue weighted by Crippen LogP contribution is -2.39. The number of ether oxygens (including phenoxy) is 1. The smallest absolute Gasteiger partial charge is 0.273 e. The van der Waals surface area contributed by atoms with Crippen molar-refractivity contribution in [3.63, 3.8) is 0 Å². The Labute approximate surface area is 144 Å². The zero-order valence-electron chi connectivity index (χ0n) is 13.4. The van der Waals surface area contributed by atoms with Gasteiger partial charge in [0, 0.05) is 30.5 Å². The topological polar surface area (TPSA) is 68.2 Å². The van der Waals surface area contributed by atoms with Crippen molar-refractivity contribution in [2.75, 3.05) is 19.7 Å². The number of carbonyl (C=O) groups excluding carboxylic acids is 1. The fourth-order valence-corrected chi connectivity index (χ4v) is 3.52. The molecule has 1 aliphatic carbocycles. The molecular formula is C17H20N4O2S. The Bertz CT molecular complexity index is 677. The lowest BCUT2D eigenvalue weighted by molar-refractivity contribution is 0.0654. The fraction of sp³-hybridized carbons (Fsp3) is 0.529. The molecule has 0 aromatic carbocycles. The first-order valence-electron chi connectivity index (χ1n) is 8.43. The first kappa shape index (κ1) is 15.5. The number of amides is 1. The van der Waals surface area contributed by atoms with Gasteiger partial charge in [0.1, 0.15) is 5.69 Å². The summed E-state index contributed by atoms with van der Waals surface area (Å²) in [6.45, 7) is 2.16. The second-order valence-electron chi connectivity index (χ2n) is 6.49. The maximum Gasteiger partial charge on any atom is 0.273 e. The number of hydrogen-bond donors (Lipinski definition) is 0. The minimum absolute atomic E-state index is 0.0390. The Morgan fingerprint density at radius 2 is 2.04 bits per heavy atom. The highest BCUT2D eigenvalue weighted by Gasteiger charge is 2.26. The zero-order valence-corrected chi connectivity index (χ0v) is 14.2. The Morgan fingerprint density at radius 3 is 2.67 bits per heavy atom. The number of rotatable bonds is 5. The minimum atomic E-state index is 0.0390. The van der Waals surface area contributed by atoms with Crippen molar-refractivity contribution in [3.05, 3.63) is 34.4 Å². The molecule has 0 spiro atoms. The van der Waals surface area contributed by atoms with Crippen LogP contribution >= 0.6 is 11.3 Å². The normalized spacial score (nSPS) is 18.6. The van der Waals surface area contributed by atoms with Crippen LogP contribution in [0.15, 0.2) is 23.0 Å². The summed E-state index contributed by atoms with van der Waals surface area (Å²) >= 11 is 1.45. The average molecular weight is 344 g/mol. The van der Waals surface area contributed by atoms with Gasteiger partial charge in [-0.1, -0.05) is 0 Å².